The quantitative estimate of drug-likeness (QED) is 0.770. The summed E-state index contributed by atoms with van der Waals surface area (Å²) >= 11 is 3.39. The van der Waals surface area contributed by atoms with Gasteiger partial charge >= 0.3 is 0 Å². The van der Waals surface area contributed by atoms with Gasteiger partial charge in [-0.15, -0.1) is 0 Å². The molecule has 0 aliphatic rings. The highest BCUT2D eigenvalue weighted by Crippen LogP contribution is 2.27. The van der Waals surface area contributed by atoms with E-state index in [0.717, 1.165) is 21.2 Å². The normalized spacial score (nSPS) is 10.4. The van der Waals surface area contributed by atoms with E-state index < -0.39 is 0 Å². The number of hydrogen-bond acceptors (Lipinski definition) is 2. The summed E-state index contributed by atoms with van der Waals surface area (Å²) in [7, 11) is 1.61. The van der Waals surface area contributed by atoms with E-state index in [0.29, 0.717) is 17.7 Å². The van der Waals surface area contributed by atoms with E-state index in [-0.39, 0.29) is 5.78 Å². The summed E-state index contributed by atoms with van der Waals surface area (Å²) in [5.74, 6) is 0.763. The van der Waals surface area contributed by atoms with Gasteiger partial charge in [0, 0.05) is 10.9 Å². The molecule has 2 rings (SSSR count). The molecule has 0 N–H and O–H groups in total. The molecule has 20 heavy (non-hydrogen) atoms. The Hall–Kier alpha value is -1.61. The molecule has 104 valence electrons. The first-order chi connectivity index (χ1) is 9.52. The van der Waals surface area contributed by atoms with Gasteiger partial charge in [0.15, 0.2) is 5.78 Å². The number of methoxy groups -OCH3 is 1. The van der Waals surface area contributed by atoms with E-state index in [9.17, 15) is 4.79 Å². The maximum absolute atomic E-state index is 12.5. The van der Waals surface area contributed by atoms with Crippen LogP contribution in [-0.2, 0) is 6.42 Å². The van der Waals surface area contributed by atoms with Crippen LogP contribution in [-0.4, -0.2) is 12.9 Å². The third-order valence-corrected chi connectivity index (χ3v) is 3.99. The van der Waals surface area contributed by atoms with E-state index in [1.165, 1.54) is 0 Å². The summed E-state index contributed by atoms with van der Waals surface area (Å²) in [6, 6.07) is 11.6. The number of rotatable bonds is 4. The van der Waals surface area contributed by atoms with Gasteiger partial charge in [0.05, 0.1) is 12.7 Å². The van der Waals surface area contributed by atoms with Gasteiger partial charge in [-0.1, -0.05) is 34.1 Å². The largest absolute Gasteiger partial charge is 0.496 e. The number of aryl methyl sites for hydroxylation is 1. The Balaban J connectivity index is 2.30. The van der Waals surface area contributed by atoms with Crippen LogP contribution in [0.25, 0.3) is 0 Å². The molecular weight excluding hydrogens is 316 g/mol. The molecule has 0 unspecified atom stereocenters. The highest BCUT2D eigenvalue weighted by molar-refractivity contribution is 9.10. The second-order valence-corrected chi connectivity index (χ2v) is 5.73. The summed E-state index contributed by atoms with van der Waals surface area (Å²) in [6.07, 6.45) is 0.381. The maximum Gasteiger partial charge on any atom is 0.170 e. The molecule has 0 spiro atoms. The summed E-state index contributed by atoms with van der Waals surface area (Å²) in [6.45, 7) is 3.99. The number of ketones is 1. The van der Waals surface area contributed by atoms with Crippen molar-refractivity contribution in [2.75, 3.05) is 7.11 Å². The Labute approximate surface area is 127 Å². The molecule has 0 saturated carbocycles. The number of carbonyl (C=O) groups excluding carboxylic acids is 1. The zero-order valence-electron chi connectivity index (χ0n) is 11.9. The molecule has 2 aromatic carbocycles. The number of carbonyl (C=O) groups is 1. The van der Waals surface area contributed by atoms with Crippen LogP contribution in [0.1, 0.15) is 27.0 Å². The van der Waals surface area contributed by atoms with Crippen LogP contribution in [0.2, 0.25) is 0 Å². The van der Waals surface area contributed by atoms with E-state index in [4.69, 9.17) is 4.74 Å². The van der Waals surface area contributed by atoms with Crippen LogP contribution in [0.4, 0.5) is 0 Å². The molecule has 0 fully saturated rings. The Kier molecular flexibility index (Phi) is 4.61. The summed E-state index contributed by atoms with van der Waals surface area (Å²) in [5.41, 5.74) is 3.80. The van der Waals surface area contributed by atoms with Crippen molar-refractivity contribution < 1.29 is 9.53 Å². The van der Waals surface area contributed by atoms with Crippen molar-refractivity contribution in [3.63, 3.8) is 0 Å². The fourth-order valence-corrected chi connectivity index (χ4v) is 2.42. The van der Waals surface area contributed by atoms with Crippen molar-refractivity contribution in [3.8, 4) is 5.75 Å². The van der Waals surface area contributed by atoms with Crippen molar-refractivity contribution in [1.29, 1.82) is 0 Å². The molecular formula is C17H17BrO2. The monoisotopic (exact) mass is 332 g/mol. The Morgan fingerprint density at radius 2 is 1.75 bits per heavy atom. The molecule has 0 radical (unpaired) electrons. The number of hydrogen-bond donors (Lipinski definition) is 0. The Morgan fingerprint density at radius 1 is 1.10 bits per heavy atom. The molecule has 0 aliphatic carbocycles. The van der Waals surface area contributed by atoms with Gasteiger partial charge in [-0.3, -0.25) is 4.79 Å². The second-order valence-electron chi connectivity index (χ2n) is 4.81. The minimum Gasteiger partial charge on any atom is -0.496 e. The van der Waals surface area contributed by atoms with Crippen molar-refractivity contribution in [2.24, 2.45) is 0 Å². The Morgan fingerprint density at radius 3 is 2.35 bits per heavy atom. The zero-order valence-corrected chi connectivity index (χ0v) is 13.5. The Bertz CT molecular complexity index is 630. The van der Waals surface area contributed by atoms with Crippen LogP contribution in [0.5, 0.6) is 5.75 Å². The predicted molar refractivity (Wildman–Crippen MR) is 84.6 cm³/mol. The van der Waals surface area contributed by atoms with Gasteiger partial charge in [0.1, 0.15) is 5.75 Å². The third-order valence-electron chi connectivity index (χ3n) is 3.46. The molecule has 2 aromatic rings. The first-order valence-corrected chi connectivity index (χ1v) is 7.24. The molecule has 0 saturated heterocycles. The van der Waals surface area contributed by atoms with Gasteiger partial charge in [-0.25, -0.2) is 0 Å². The summed E-state index contributed by atoms with van der Waals surface area (Å²) in [4.78, 5) is 12.5. The van der Waals surface area contributed by atoms with Crippen molar-refractivity contribution >= 4 is 21.7 Å². The van der Waals surface area contributed by atoms with Crippen LogP contribution in [0.15, 0.2) is 40.9 Å². The van der Waals surface area contributed by atoms with E-state index >= 15 is 0 Å². The number of halogens is 1. The van der Waals surface area contributed by atoms with Crippen LogP contribution < -0.4 is 4.74 Å². The lowest BCUT2D eigenvalue weighted by molar-refractivity contribution is 0.0990. The average molecular weight is 333 g/mol. The van der Waals surface area contributed by atoms with Gasteiger partial charge in [-0.2, -0.15) is 0 Å². The van der Waals surface area contributed by atoms with Gasteiger partial charge in [-0.05, 0) is 48.7 Å². The minimum absolute atomic E-state index is 0.0762. The van der Waals surface area contributed by atoms with Crippen LogP contribution >= 0.6 is 15.9 Å². The summed E-state index contributed by atoms with van der Waals surface area (Å²) < 4.78 is 6.42. The zero-order chi connectivity index (χ0) is 14.7. The first-order valence-electron chi connectivity index (χ1n) is 6.44. The van der Waals surface area contributed by atoms with Gasteiger partial charge < -0.3 is 4.74 Å². The van der Waals surface area contributed by atoms with Crippen LogP contribution in [0.3, 0.4) is 0 Å². The molecule has 0 heterocycles. The van der Waals surface area contributed by atoms with Gasteiger partial charge in [0.2, 0.25) is 0 Å². The molecule has 0 atom stereocenters. The average Bonchev–Trinajstić information content (AvgIpc) is 2.44. The maximum atomic E-state index is 12.5. The van der Waals surface area contributed by atoms with E-state index in [1.807, 2.05) is 50.2 Å². The number of Topliss-reactive ketones (excluding diaryl/α,β-unsaturated/α-hetero) is 1. The molecule has 0 aliphatic heterocycles. The molecule has 0 amide bonds. The highest BCUT2D eigenvalue weighted by atomic mass is 79.9. The highest BCUT2D eigenvalue weighted by Gasteiger charge is 2.15. The standard InChI is InChI=1S/C17H17BrO2/c1-11-4-9-15(17(20-3)12(11)2)16(19)10-13-5-7-14(18)8-6-13/h4-9H,10H2,1-3H3. The third kappa shape index (κ3) is 3.10. The van der Waals surface area contributed by atoms with Gasteiger partial charge in [0.25, 0.3) is 0 Å². The first kappa shape index (κ1) is 14.8. The lowest BCUT2D eigenvalue weighted by Crippen LogP contribution is -2.07. The molecule has 0 aromatic heterocycles. The topological polar surface area (TPSA) is 26.3 Å². The molecule has 3 heteroatoms. The van der Waals surface area contributed by atoms with Crippen molar-refractivity contribution in [1.82, 2.24) is 0 Å². The predicted octanol–water partition coefficient (Wildman–Crippen LogP) is 4.50. The van der Waals surface area contributed by atoms with E-state index in [2.05, 4.69) is 15.9 Å². The fraction of sp³-hybridized carbons (Fsp3) is 0.235. The molecule has 0 bridgehead atoms. The molecule has 2 nitrogen and oxygen atoms in total. The number of ether oxygens (including phenoxy) is 1. The van der Waals surface area contributed by atoms with Crippen molar-refractivity contribution in [3.05, 3.63) is 63.1 Å². The van der Waals surface area contributed by atoms with E-state index in [1.54, 1.807) is 7.11 Å². The summed E-state index contributed by atoms with van der Waals surface area (Å²) in [5, 5.41) is 0. The van der Waals surface area contributed by atoms with Crippen LogP contribution in [0, 0.1) is 13.8 Å². The smallest absolute Gasteiger partial charge is 0.170 e. The second kappa shape index (κ2) is 6.23. The SMILES string of the molecule is COc1c(C(=O)Cc2ccc(Br)cc2)ccc(C)c1C. The minimum atomic E-state index is 0.0762. The fourth-order valence-electron chi connectivity index (χ4n) is 2.16. The lowest BCUT2D eigenvalue weighted by Gasteiger charge is -2.12. The lowest BCUT2D eigenvalue weighted by atomic mass is 9.98. The number of benzene rings is 2. The van der Waals surface area contributed by atoms with Crippen molar-refractivity contribution in [2.45, 2.75) is 20.3 Å².